The molecule has 36 heavy (non-hydrogen) atoms. The van der Waals surface area contributed by atoms with E-state index in [9.17, 15) is 27.6 Å². The van der Waals surface area contributed by atoms with Gasteiger partial charge in [0.2, 0.25) is 6.29 Å². The molecular formula is C25H19NO9S. The molecule has 3 aromatic carbocycles. The van der Waals surface area contributed by atoms with E-state index in [1.807, 2.05) is 0 Å². The molecule has 0 aliphatic carbocycles. The van der Waals surface area contributed by atoms with Crippen molar-refractivity contribution in [2.45, 2.75) is 25.0 Å². The number of benzene rings is 3. The first-order valence-electron chi connectivity index (χ1n) is 10.5. The van der Waals surface area contributed by atoms with Gasteiger partial charge in [-0.2, -0.15) is 8.42 Å². The molecule has 0 N–H and O–H groups in total. The summed E-state index contributed by atoms with van der Waals surface area (Å²) in [6, 6.07) is 14.1. The summed E-state index contributed by atoms with van der Waals surface area (Å²) < 4.78 is 40.8. The van der Waals surface area contributed by atoms with Crippen LogP contribution in [0.1, 0.15) is 44.9 Å². The Labute approximate surface area is 205 Å². The molecule has 1 heterocycles. The van der Waals surface area contributed by atoms with E-state index in [4.69, 9.17) is 13.8 Å². The minimum Gasteiger partial charge on any atom is -0.422 e. The highest BCUT2D eigenvalue weighted by molar-refractivity contribution is 7.86. The minimum atomic E-state index is -4.73. The number of hydroxylamine groups is 2. The van der Waals surface area contributed by atoms with Gasteiger partial charge in [-0.15, -0.1) is 9.35 Å². The summed E-state index contributed by atoms with van der Waals surface area (Å²) >= 11 is 0. The molecule has 1 atom stereocenters. The summed E-state index contributed by atoms with van der Waals surface area (Å²) in [6.07, 6.45) is -1.27. The third kappa shape index (κ3) is 4.61. The predicted molar refractivity (Wildman–Crippen MR) is 125 cm³/mol. The highest BCUT2D eigenvalue weighted by Gasteiger charge is 2.37. The van der Waals surface area contributed by atoms with Crippen molar-refractivity contribution in [3.63, 3.8) is 0 Å². The molecule has 1 unspecified atom stereocenters. The van der Waals surface area contributed by atoms with Crippen LogP contribution in [0.2, 0.25) is 0 Å². The van der Waals surface area contributed by atoms with Crippen LogP contribution in [-0.4, -0.2) is 43.5 Å². The smallest absolute Gasteiger partial charge is 0.341 e. The second-order valence-corrected chi connectivity index (χ2v) is 9.36. The molecule has 10 nitrogen and oxygen atoms in total. The van der Waals surface area contributed by atoms with E-state index in [-0.39, 0.29) is 27.3 Å². The molecule has 0 bridgehead atoms. The van der Waals surface area contributed by atoms with Crippen molar-refractivity contribution in [3.05, 3.63) is 89.5 Å². The van der Waals surface area contributed by atoms with Gasteiger partial charge in [0.15, 0.2) is 0 Å². The molecule has 1 aliphatic rings. The fourth-order valence-electron chi connectivity index (χ4n) is 3.49. The molecule has 2 amide bonds. The molecule has 0 saturated heterocycles. The van der Waals surface area contributed by atoms with Crippen molar-refractivity contribution >= 4 is 44.6 Å². The lowest BCUT2D eigenvalue weighted by Gasteiger charge is -2.25. The van der Waals surface area contributed by atoms with E-state index in [0.717, 1.165) is 12.1 Å². The molecule has 11 heteroatoms. The second-order valence-electron chi connectivity index (χ2n) is 7.83. The third-order valence-electron chi connectivity index (χ3n) is 5.16. The van der Waals surface area contributed by atoms with Gasteiger partial charge in [0.25, 0.3) is 11.8 Å². The van der Waals surface area contributed by atoms with E-state index in [1.165, 1.54) is 38.1 Å². The molecular weight excluding hydrogens is 490 g/mol. The summed E-state index contributed by atoms with van der Waals surface area (Å²) in [4.78, 5) is 49.4. The number of carbonyl (C=O) groups is 4. The topological polar surface area (TPSA) is 133 Å². The Kier molecular flexibility index (Phi) is 6.44. The number of carbonyl (C=O) groups excluding carboxylic acids is 4. The van der Waals surface area contributed by atoms with Gasteiger partial charge in [-0.3, -0.25) is 9.59 Å². The SMILES string of the molecule is C=C(C)C(=O)OC(C)OC(=O)c1cccc(S(=O)(=O)ON2C(=O)c3cccc4cccc(c34)C2=O)c1. The molecule has 0 saturated carbocycles. The highest BCUT2D eigenvalue weighted by atomic mass is 32.2. The van der Waals surface area contributed by atoms with Crippen LogP contribution < -0.4 is 0 Å². The van der Waals surface area contributed by atoms with Crippen LogP contribution in [0.15, 0.2) is 77.7 Å². The van der Waals surface area contributed by atoms with E-state index in [2.05, 4.69) is 6.58 Å². The average molecular weight is 509 g/mol. The van der Waals surface area contributed by atoms with Gasteiger partial charge in [-0.25, -0.2) is 9.59 Å². The van der Waals surface area contributed by atoms with Crippen molar-refractivity contribution in [3.8, 4) is 0 Å². The summed E-state index contributed by atoms with van der Waals surface area (Å²) in [7, 11) is -4.73. The first-order valence-corrected chi connectivity index (χ1v) is 11.9. The average Bonchev–Trinajstić information content (AvgIpc) is 2.85. The number of nitrogens with zero attached hydrogens (tertiary/aromatic N) is 1. The van der Waals surface area contributed by atoms with E-state index in [1.54, 1.807) is 24.3 Å². The molecule has 0 fully saturated rings. The van der Waals surface area contributed by atoms with Crippen LogP contribution in [0, 0.1) is 0 Å². The first-order chi connectivity index (χ1) is 17.0. The van der Waals surface area contributed by atoms with E-state index >= 15 is 0 Å². The zero-order valence-corrected chi connectivity index (χ0v) is 19.9. The number of rotatable bonds is 7. The molecule has 1 aliphatic heterocycles. The van der Waals surface area contributed by atoms with Crippen molar-refractivity contribution in [2.24, 2.45) is 0 Å². The lowest BCUT2D eigenvalue weighted by atomic mass is 9.95. The van der Waals surface area contributed by atoms with Gasteiger partial charge < -0.3 is 9.47 Å². The Morgan fingerprint density at radius 3 is 2.08 bits per heavy atom. The molecule has 184 valence electrons. The molecule has 0 radical (unpaired) electrons. The number of amides is 2. The maximum Gasteiger partial charge on any atom is 0.341 e. The Morgan fingerprint density at radius 1 is 0.917 bits per heavy atom. The van der Waals surface area contributed by atoms with Gasteiger partial charge in [-0.05, 0) is 42.6 Å². The van der Waals surface area contributed by atoms with Crippen LogP contribution in [0.5, 0.6) is 0 Å². The molecule has 4 rings (SSSR count). The van der Waals surface area contributed by atoms with Crippen LogP contribution in [0.25, 0.3) is 10.8 Å². The monoisotopic (exact) mass is 509 g/mol. The number of hydrogen-bond acceptors (Lipinski definition) is 9. The van der Waals surface area contributed by atoms with Crippen molar-refractivity contribution < 1.29 is 41.4 Å². The fourth-order valence-corrected chi connectivity index (χ4v) is 4.42. The predicted octanol–water partition coefficient (Wildman–Crippen LogP) is 3.38. The second kappa shape index (κ2) is 9.36. The van der Waals surface area contributed by atoms with Gasteiger partial charge in [0, 0.05) is 17.9 Å². The maximum atomic E-state index is 13.0. The van der Waals surface area contributed by atoms with Gasteiger partial charge in [0.05, 0.1) is 21.6 Å². The van der Waals surface area contributed by atoms with Gasteiger partial charge in [0.1, 0.15) is 0 Å². The minimum absolute atomic E-state index is 0.101. The number of hydrogen-bond donors (Lipinski definition) is 0. The lowest BCUT2D eigenvalue weighted by molar-refractivity contribution is -0.160. The van der Waals surface area contributed by atoms with Crippen molar-refractivity contribution in [2.75, 3.05) is 0 Å². The normalized spacial score (nSPS) is 13.9. The summed E-state index contributed by atoms with van der Waals surface area (Å²) in [6.45, 7) is 6.14. The molecule has 0 aromatic heterocycles. The van der Waals surface area contributed by atoms with Crippen LogP contribution in [-0.2, 0) is 28.7 Å². The Morgan fingerprint density at radius 2 is 1.50 bits per heavy atom. The number of esters is 2. The lowest BCUT2D eigenvalue weighted by Crippen LogP contribution is -2.41. The third-order valence-corrected chi connectivity index (χ3v) is 6.34. The maximum absolute atomic E-state index is 13.0. The standard InChI is InChI=1S/C25H19NO9S/c1-14(2)24(29)33-15(3)34-25(30)17-9-4-10-18(13-17)36(31,32)35-26-22(27)19-11-5-7-16-8-6-12-20(21(16)19)23(26)28/h4-13,15H,1H2,2-3H3. The van der Waals surface area contributed by atoms with Crippen molar-refractivity contribution in [1.29, 1.82) is 0 Å². The summed E-state index contributed by atoms with van der Waals surface area (Å²) in [5.74, 6) is -3.65. The van der Waals surface area contributed by atoms with Crippen LogP contribution >= 0.6 is 0 Å². The van der Waals surface area contributed by atoms with Crippen LogP contribution in [0.4, 0.5) is 0 Å². The van der Waals surface area contributed by atoms with Crippen LogP contribution in [0.3, 0.4) is 0 Å². The summed E-state index contributed by atoms with van der Waals surface area (Å²) in [5.41, 5.74) is 0.107. The van der Waals surface area contributed by atoms with Gasteiger partial charge in [-0.1, -0.05) is 36.9 Å². The fraction of sp³-hybridized carbons (Fsp3) is 0.120. The Hall–Kier alpha value is -4.35. The first kappa shape index (κ1) is 24.8. The number of imide groups is 1. The zero-order chi connectivity index (χ0) is 26.2. The summed E-state index contributed by atoms with van der Waals surface area (Å²) in [5, 5.41) is 1.22. The highest BCUT2D eigenvalue weighted by Crippen LogP contribution is 2.31. The van der Waals surface area contributed by atoms with E-state index < -0.39 is 45.1 Å². The van der Waals surface area contributed by atoms with Crippen molar-refractivity contribution in [1.82, 2.24) is 5.06 Å². The zero-order valence-electron chi connectivity index (χ0n) is 19.1. The largest absolute Gasteiger partial charge is 0.422 e. The van der Waals surface area contributed by atoms with E-state index in [0.29, 0.717) is 10.8 Å². The quantitative estimate of drug-likeness (QED) is 0.203. The number of ether oxygens (including phenoxy) is 2. The van der Waals surface area contributed by atoms with Gasteiger partial charge >= 0.3 is 22.1 Å². The Bertz CT molecular complexity index is 1510. The molecule has 0 spiro atoms. The molecule has 3 aromatic rings. The Balaban J connectivity index is 1.57.